The Labute approximate surface area is 97.0 Å². The molecule has 0 unspecified atom stereocenters. The van der Waals surface area contributed by atoms with E-state index in [1.54, 1.807) is 6.20 Å². The molecule has 1 aromatic heterocycles. The van der Waals surface area contributed by atoms with E-state index in [4.69, 9.17) is 10.5 Å². The molecule has 2 N–H and O–H groups in total. The summed E-state index contributed by atoms with van der Waals surface area (Å²) in [6.07, 6.45) is 6.77. The van der Waals surface area contributed by atoms with Crippen LogP contribution in [0.4, 0.5) is 0 Å². The third kappa shape index (κ3) is 3.20. The van der Waals surface area contributed by atoms with E-state index in [0.29, 0.717) is 5.92 Å². The van der Waals surface area contributed by atoms with Crippen LogP contribution in [0.5, 0.6) is 5.88 Å². The van der Waals surface area contributed by atoms with Crippen molar-refractivity contribution in [2.24, 2.45) is 17.6 Å². The molecular weight excluding hydrogens is 200 g/mol. The first-order valence-electron chi connectivity index (χ1n) is 6.12. The van der Waals surface area contributed by atoms with Crippen molar-refractivity contribution in [2.75, 3.05) is 13.2 Å². The fourth-order valence-electron chi connectivity index (χ4n) is 2.27. The Balaban J connectivity index is 1.72. The quantitative estimate of drug-likeness (QED) is 0.846. The first-order valence-corrected chi connectivity index (χ1v) is 6.12. The van der Waals surface area contributed by atoms with Crippen LogP contribution in [0.1, 0.15) is 25.7 Å². The summed E-state index contributed by atoms with van der Waals surface area (Å²) in [6, 6.07) is 5.76. The normalized spacial score (nSPS) is 25.3. The molecule has 0 aromatic carbocycles. The van der Waals surface area contributed by atoms with Crippen LogP contribution in [0.3, 0.4) is 0 Å². The van der Waals surface area contributed by atoms with E-state index < -0.39 is 0 Å². The van der Waals surface area contributed by atoms with Crippen LogP contribution in [0, 0.1) is 11.8 Å². The molecule has 0 saturated heterocycles. The van der Waals surface area contributed by atoms with E-state index in [1.807, 2.05) is 18.2 Å². The van der Waals surface area contributed by atoms with Gasteiger partial charge in [0.2, 0.25) is 5.88 Å². The molecule has 0 atom stereocenters. The molecule has 0 radical (unpaired) electrons. The van der Waals surface area contributed by atoms with Gasteiger partial charge in [-0.15, -0.1) is 0 Å². The molecule has 88 valence electrons. The Morgan fingerprint density at radius 3 is 2.56 bits per heavy atom. The minimum absolute atomic E-state index is 0.685. The van der Waals surface area contributed by atoms with Gasteiger partial charge in [0.25, 0.3) is 0 Å². The summed E-state index contributed by atoms with van der Waals surface area (Å²) in [5.41, 5.74) is 5.67. The molecule has 0 bridgehead atoms. The lowest BCUT2D eigenvalue weighted by Crippen LogP contribution is -2.24. The highest BCUT2D eigenvalue weighted by atomic mass is 16.5. The average Bonchev–Trinajstić information content (AvgIpc) is 2.38. The fraction of sp³-hybridized carbons (Fsp3) is 0.615. The van der Waals surface area contributed by atoms with Crippen LogP contribution in [-0.2, 0) is 0 Å². The summed E-state index contributed by atoms with van der Waals surface area (Å²) in [6.45, 7) is 1.64. The molecule has 0 aliphatic heterocycles. The molecule has 1 aromatic rings. The molecule has 0 amide bonds. The summed E-state index contributed by atoms with van der Waals surface area (Å²) >= 11 is 0. The predicted octanol–water partition coefficient (Wildman–Crippen LogP) is 2.23. The minimum atomic E-state index is 0.685. The number of ether oxygens (including phenoxy) is 1. The van der Waals surface area contributed by atoms with Gasteiger partial charge >= 0.3 is 0 Å². The second-order valence-corrected chi connectivity index (χ2v) is 4.60. The Kier molecular flexibility index (Phi) is 4.17. The number of aromatic nitrogens is 1. The summed E-state index contributed by atoms with van der Waals surface area (Å²) in [5.74, 6) is 2.17. The van der Waals surface area contributed by atoms with Crippen molar-refractivity contribution in [3.63, 3.8) is 0 Å². The van der Waals surface area contributed by atoms with Crippen molar-refractivity contribution in [2.45, 2.75) is 25.7 Å². The molecule has 1 fully saturated rings. The maximum absolute atomic E-state index is 5.67. The number of nitrogens with zero attached hydrogens (tertiary/aromatic N) is 1. The SMILES string of the molecule is NC[C@H]1CC[C@@H](COc2ccccn2)CC1. The summed E-state index contributed by atoms with van der Waals surface area (Å²) in [5, 5.41) is 0. The third-order valence-corrected chi connectivity index (χ3v) is 3.40. The van der Waals surface area contributed by atoms with Crippen LogP contribution in [0.15, 0.2) is 24.4 Å². The Morgan fingerprint density at radius 2 is 1.94 bits per heavy atom. The van der Waals surface area contributed by atoms with Crippen LogP contribution in [0.25, 0.3) is 0 Å². The molecule has 1 aliphatic carbocycles. The van der Waals surface area contributed by atoms with Gasteiger partial charge in [-0.25, -0.2) is 4.98 Å². The topological polar surface area (TPSA) is 48.1 Å². The number of pyridine rings is 1. The van der Waals surface area contributed by atoms with Gasteiger partial charge in [0, 0.05) is 12.3 Å². The lowest BCUT2D eigenvalue weighted by atomic mass is 9.82. The second kappa shape index (κ2) is 5.85. The number of hydrogen-bond donors (Lipinski definition) is 1. The van der Waals surface area contributed by atoms with E-state index in [9.17, 15) is 0 Å². The van der Waals surface area contributed by atoms with Gasteiger partial charge in [0.05, 0.1) is 6.61 Å². The summed E-state index contributed by atoms with van der Waals surface area (Å²) in [7, 11) is 0. The van der Waals surface area contributed by atoms with E-state index in [0.717, 1.165) is 24.9 Å². The molecule has 1 aliphatic rings. The molecule has 1 heterocycles. The van der Waals surface area contributed by atoms with Gasteiger partial charge in [0.1, 0.15) is 0 Å². The number of hydrogen-bond acceptors (Lipinski definition) is 3. The van der Waals surface area contributed by atoms with Gasteiger partial charge in [-0.3, -0.25) is 0 Å². The van der Waals surface area contributed by atoms with Gasteiger partial charge in [-0.05, 0) is 50.1 Å². The highest BCUT2D eigenvalue weighted by Crippen LogP contribution is 2.28. The molecule has 2 rings (SSSR count). The zero-order chi connectivity index (χ0) is 11.2. The first-order chi connectivity index (χ1) is 7.88. The maximum Gasteiger partial charge on any atom is 0.213 e. The number of nitrogens with two attached hydrogens (primary N) is 1. The molecule has 3 heteroatoms. The van der Waals surface area contributed by atoms with Crippen LogP contribution >= 0.6 is 0 Å². The van der Waals surface area contributed by atoms with Crippen molar-refractivity contribution >= 4 is 0 Å². The monoisotopic (exact) mass is 220 g/mol. The Morgan fingerprint density at radius 1 is 1.19 bits per heavy atom. The second-order valence-electron chi connectivity index (χ2n) is 4.60. The summed E-state index contributed by atoms with van der Waals surface area (Å²) < 4.78 is 5.67. The largest absolute Gasteiger partial charge is 0.477 e. The third-order valence-electron chi connectivity index (χ3n) is 3.40. The maximum atomic E-state index is 5.67. The van der Waals surface area contributed by atoms with Gasteiger partial charge < -0.3 is 10.5 Å². The lowest BCUT2D eigenvalue weighted by molar-refractivity contribution is 0.180. The first kappa shape index (κ1) is 11.4. The highest BCUT2D eigenvalue weighted by molar-refractivity contribution is 5.09. The zero-order valence-electron chi connectivity index (χ0n) is 9.64. The van der Waals surface area contributed by atoms with Crippen molar-refractivity contribution in [1.82, 2.24) is 4.98 Å². The highest BCUT2D eigenvalue weighted by Gasteiger charge is 2.20. The Bertz CT molecular complexity index is 294. The van der Waals surface area contributed by atoms with Gasteiger partial charge in [-0.1, -0.05) is 6.07 Å². The van der Waals surface area contributed by atoms with E-state index >= 15 is 0 Å². The molecule has 16 heavy (non-hydrogen) atoms. The Hall–Kier alpha value is -1.09. The van der Waals surface area contributed by atoms with E-state index in [2.05, 4.69) is 4.98 Å². The van der Waals surface area contributed by atoms with Crippen molar-refractivity contribution < 1.29 is 4.74 Å². The van der Waals surface area contributed by atoms with Gasteiger partial charge in [0.15, 0.2) is 0 Å². The number of rotatable bonds is 4. The molecular formula is C13H20N2O. The average molecular weight is 220 g/mol. The molecule has 1 saturated carbocycles. The van der Waals surface area contributed by atoms with Crippen LogP contribution in [-0.4, -0.2) is 18.1 Å². The van der Waals surface area contributed by atoms with Crippen LogP contribution in [0.2, 0.25) is 0 Å². The lowest BCUT2D eigenvalue weighted by Gasteiger charge is -2.27. The van der Waals surface area contributed by atoms with Crippen molar-refractivity contribution in [1.29, 1.82) is 0 Å². The minimum Gasteiger partial charge on any atom is -0.477 e. The fourth-order valence-corrected chi connectivity index (χ4v) is 2.27. The smallest absolute Gasteiger partial charge is 0.213 e. The predicted molar refractivity (Wildman–Crippen MR) is 64.2 cm³/mol. The molecule has 3 nitrogen and oxygen atoms in total. The van der Waals surface area contributed by atoms with Gasteiger partial charge in [-0.2, -0.15) is 0 Å². The van der Waals surface area contributed by atoms with E-state index in [1.165, 1.54) is 25.7 Å². The van der Waals surface area contributed by atoms with E-state index in [-0.39, 0.29) is 0 Å². The van der Waals surface area contributed by atoms with Crippen LogP contribution < -0.4 is 10.5 Å². The standard InChI is InChI=1S/C13H20N2O/c14-9-11-4-6-12(7-5-11)10-16-13-3-1-2-8-15-13/h1-3,8,11-12H,4-7,9-10,14H2/t11-,12+. The van der Waals surface area contributed by atoms with Crippen molar-refractivity contribution in [3.05, 3.63) is 24.4 Å². The summed E-state index contributed by atoms with van der Waals surface area (Å²) in [4.78, 5) is 4.15. The zero-order valence-corrected chi connectivity index (χ0v) is 9.64. The van der Waals surface area contributed by atoms with Crippen molar-refractivity contribution in [3.8, 4) is 5.88 Å². The molecule has 0 spiro atoms.